The molecular formula is C16H12O4. The highest BCUT2D eigenvalue weighted by molar-refractivity contribution is 5.95. The minimum absolute atomic E-state index is 0.190. The van der Waals surface area contributed by atoms with Gasteiger partial charge in [0.05, 0.1) is 5.56 Å². The van der Waals surface area contributed by atoms with Gasteiger partial charge in [-0.1, -0.05) is 0 Å². The monoisotopic (exact) mass is 268 g/mol. The normalized spacial score (nSPS) is 10.8. The van der Waals surface area contributed by atoms with E-state index in [1.54, 1.807) is 36.4 Å². The van der Waals surface area contributed by atoms with Gasteiger partial charge in [-0.05, 0) is 49.4 Å². The van der Waals surface area contributed by atoms with Gasteiger partial charge in [-0.15, -0.1) is 0 Å². The average molecular weight is 268 g/mol. The smallest absolute Gasteiger partial charge is 0.335 e. The zero-order valence-electron chi connectivity index (χ0n) is 10.8. The van der Waals surface area contributed by atoms with Gasteiger partial charge in [0.2, 0.25) is 0 Å². The van der Waals surface area contributed by atoms with Crippen molar-refractivity contribution in [2.75, 3.05) is 0 Å². The number of benzene rings is 2. The maximum Gasteiger partial charge on any atom is 0.335 e. The summed E-state index contributed by atoms with van der Waals surface area (Å²) in [5.74, 6) is -0.0862. The lowest BCUT2D eigenvalue weighted by molar-refractivity contribution is 0.0697. The van der Waals surface area contributed by atoms with Gasteiger partial charge in [0.25, 0.3) is 0 Å². The molecule has 100 valence electrons. The van der Waals surface area contributed by atoms with Crippen molar-refractivity contribution < 1.29 is 19.4 Å². The van der Waals surface area contributed by atoms with E-state index in [-0.39, 0.29) is 11.3 Å². The molecule has 1 aromatic heterocycles. The van der Waals surface area contributed by atoms with E-state index in [0.717, 1.165) is 16.5 Å². The Hall–Kier alpha value is -2.75. The van der Waals surface area contributed by atoms with Crippen LogP contribution in [-0.2, 0) is 0 Å². The molecule has 3 aromatic rings. The number of aryl methyl sites for hydroxylation is 1. The Labute approximate surface area is 114 Å². The number of aromatic hydroxyl groups is 1. The lowest BCUT2D eigenvalue weighted by Crippen LogP contribution is -1.94. The first-order chi connectivity index (χ1) is 9.56. The fraction of sp³-hybridized carbons (Fsp3) is 0.0625. The molecule has 0 saturated heterocycles. The Morgan fingerprint density at radius 2 is 1.80 bits per heavy atom. The zero-order chi connectivity index (χ0) is 14.3. The number of rotatable bonds is 2. The Bertz CT molecular complexity index is 797. The summed E-state index contributed by atoms with van der Waals surface area (Å²) in [6.07, 6.45) is 0. The number of aromatic carboxylic acids is 1. The largest absolute Gasteiger partial charge is 0.508 e. The number of phenolic OH excluding ortho intramolecular Hbond substituents is 1. The molecule has 0 radical (unpaired) electrons. The van der Waals surface area contributed by atoms with Crippen molar-refractivity contribution in [1.29, 1.82) is 0 Å². The van der Waals surface area contributed by atoms with Gasteiger partial charge in [-0.25, -0.2) is 4.79 Å². The summed E-state index contributed by atoms with van der Waals surface area (Å²) in [5, 5.41) is 19.1. The second-order valence-corrected chi connectivity index (χ2v) is 4.62. The molecule has 1 heterocycles. The summed E-state index contributed by atoms with van der Waals surface area (Å²) in [5.41, 5.74) is 2.61. The van der Waals surface area contributed by atoms with Crippen molar-refractivity contribution in [2.45, 2.75) is 6.92 Å². The van der Waals surface area contributed by atoms with E-state index in [2.05, 4.69) is 0 Å². The third-order valence-corrected chi connectivity index (χ3v) is 3.31. The van der Waals surface area contributed by atoms with Crippen LogP contribution in [0.2, 0.25) is 0 Å². The zero-order valence-corrected chi connectivity index (χ0v) is 10.8. The van der Waals surface area contributed by atoms with Crippen LogP contribution in [-0.4, -0.2) is 16.2 Å². The van der Waals surface area contributed by atoms with Crippen LogP contribution >= 0.6 is 0 Å². The maximum atomic E-state index is 11.0. The number of carbonyl (C=O) groups is 1. The van der Waals surface area contributed by atoms with E-state index < -0.39 is 5.97 Å². The summed E-state index contributed by atoms with van der Waals surface area (Å²) in [6, 6.07) is 11.5. The van der Waals surface area contributed by atoms with Crippen LogP contribution in [0.5, 0.6) is 5.75 Å². The summed E-state index contributed by atoms with van der Waals surface area (Å²) in [7, 11) is 0. The van der Waals surface area contributed by atoms with Crippen molar-refractivity contribution in [3.63, 3.8) is 0 Å². The molecule has 0 saturated carbocycles. The molecule has 0 aliphatic carbocycles. The van der Waals surface area contributed by atoms with E-state index in [1.807, 2.05) is 6.92 Å². The molecule has 0 atom stereocenters. The molecule has 0 amide bonds. The highest BCUT2D eigenvalue weighted by Crippen LogP contribution is 2.34. The first kappa shape index (κ1) is 12.3. The third kappa shape index (κ3) is 1.91. The quantitative estimate of drug-likeness (QED) is 0.741. The second kappa shape index (κ2) is 4.42. The van der Waals surface area contributed by atoms with Crippen LogP contribution in [0.15, 0.2) is 46.9 Å². The van der Waals surface area contributed by atoms with Crippen LogP contribution in [0.25, 0.3) is 22.3 Å². The number of hydrogen-bond acceptors (Lipinski definition) is 3. The molecular weight excluding hydrogens is 256 g/mol. The Morgan fingerprint density at radius 1 is 1.10 bits per heavy atom. The van der Waals surface area contributed by atoms with Crippen LogP contribution in [0.1, 0.15) is 15.9 Å². The lowest BCUT2D eigenvalue weighted by Gasteiger charge is -1.98. The number of furan rings is 1. The van der Waals surface area contributed by atoms with Gasteiger partial charge in [0.15, 0.2) is 0 Å². The summed E-state index contributed by atoms with van der Waals surface area (Å²) in [4.78, 5) is 11.0. The predicted octanol–water partition coefficient (Wildman–Crippen LogP) is 3.81. The number of phenols is 1. The first-order valence-electron chi connectivity index (χ1n) is 6.12. The minimum atomic E-state index is -0.960. The second-order valence-electron chi connectivity index (χ2n) is 4.62. The summed E-state index contributed by atoms with van der Waals surface area (Å²) in [6.45, 7) is 1.89. The van der Waals surface area contributed by atoms with E-state index in [9.17, 15) is 9.90 Å². The van der Waals surface area contributed by atoms with Crippen LogP contribution in [0.4, 0.5) is 0 Å². The number of hydrogen-bond donors (Lipinski definition) is 2. The molecule has 2 aromatic carbocycles. The number of fused-ring (bicyclic) bond motifs is 1. The van der Waals surface area contributed by atoms with Crippen molar-refractivity contribution in [3.8, 4) is 17.1 Å². The highest BCUT2D eigenvalue weighted by Gasteiger charge is 2.14. The van der Waals surface area contributed by atoms with Gasteiger partial charge >= 0.3 is 5.97 Å². The molecule has 3 rings (SSSR count). The molecule has 2 N–H and O–H groups in total. The lowest BCUT2D eigenvalue weighted by atomic mass is 10.1. The van der Waals surface area contributed by atoms with Gasteiger partial charge in [-0.2, -0.15) is 0 Å². The molecule has 0 fully saturated rings. The van der Waals surface area contributed by atoms with Gasteiger partial charge in [-0.3, -0.25) is 0 Å². The fourth-order valence-electron chi connectivity index (χ4n) is 2.24. The highest BCUT2D eigenvalue weighted by atomic mass is 16.4. The van der Waals surface area contributed by atoms with Crippen LogP contribution in [0, 0.1) is 6.92 Å². The van der Waals surface area contributed by atoms with Crippen molar-refractivity contribution in [1.82, 2.24) is 0 Å². The van der Waals surface area contributed by atoms with Crippen molar-refractivity contribution in [3.05, 3.63) is 53.6 Å². The maximum absolute atomic E-state index is 11.0. The molecule has 0 spiro atoms. The van der Waals surface area contributed by atoms with Gasteiger partial charge in [0, 0.05) is 16.5 Å². The standard InChI is InChI=1S/C16H12O4/c1-9-13-8-11(16(18)19)4-7-14(13)20-15(9)10-2-5-12(17)6-3-10/h2-8,17H,1H3,(H,18,19). The molecule has 4 heteroatoms. The number of carboxylic acids is 1. The third-order valence-electron chi connectivity index (χ3n) is 3.31. The van der Waals surface area contributed by atoms with Crippen molar-refractivity contribution >= 4 is 16.9 Å². The van der Waals surface area contributed by atoms with E-state index in [1.165, 1.54) is 6.07 Å². The molecule has 0 aliphatic heterocycles. The minimum Gasteiger partial charge on any atom is -0.508 e. The Kier molecular flexibility index (Phi) is 2.71. The van der Waals surface area contributed by atoms with E-state index >= 15 is 0 Å². The fourth-order valence-corrected chi connectivity index (χ4v) is 2.24. The molecule has 20 heavy (non-hydrogen) atoms. The molecule has 0 unspecified atom stereocenters. The SMILES string of the molecule is Cc1c(-c2ccc(O)cc2)oc2ccc(C(=O)O)cc12. The van der Waals surface area contributed by atoms with Crippen LogP contribution in [0.3, 0.4) is 0 Å². The molecule has 0 bridgehead atoms. The van der Waals surface area contributed by atoms with Crippen molar-refractivity contribution in [2.24, 2.45) is 0 Å². The predicted molar refractivity (Wildman–Crippen MR) is 75.0 cm³/mol. The van der Waals surface area contributed by atoms with E-state index in [4.69, 9.17) is 9.52 Å². The van der Waals surface area contributed by atoms with E-state index in [0.29, 0.717) is 11.3 Å². The van der Waals surface area contributed by atoms with Crippen LogP contribution < -0.4 is 0 Å². The Morgan fingerprint density at radius 3 is 2.45 bits per heavy atom. The summed E-state index contributed by atoms with van der Waals surface area (Å²) >= 11 is 0. The number of carboxylic acid groups (broad SMARTS) is 1. The first-order valence-corrected chi connectivity index (χ1v) is 6.12. The van der Waals surface area contributed by atoms with Gasteiger partial charge in [0.1, 0.15) is 17.1 Å². The Balaban J connectivity index is 2.20. The average Bonchev–Trinajstić information content (AvgIpc) is 2.76. The molecule has 4 nitrogen and oxygen atoms in total. The summed E-state index contributed by atoms with van der Waals surface area (Å²) < 4.78 is 5.78. The van der Waals surface area contributed by atoms with Gasteiger partial charge < -0.3 is 14.6 Å². The topological polar surface area (TPSA) is 70.7 Å². The molecule has 0 aliphatic rings.